The van der Waals surface area contributed by atoms with Crippen LogP contribution in [0, 0.1) is 46.7 Å². The van der Waals surface area contributed by atoms with Crippen LogP contribution in [-0.2, 0) is 6.11 Å². The summed E-state index contributed by atoms with van der Waals surface area (Å²) in [6.07, 6.45) is -9.96. The minimum Gasteiger partial charge on any atom is -0.429 e. The first-order valence-corrected chi connectivity index (χ1v) is 12.3. The van der Waals surface area contributed by atoms with Crippen molar-refractivity contribution < 1.29 is 53.0 Å². The maximum Gasteiger partial charge on any atom is 0.458 e. The number of fused-ring (bicyclic) bond motifs is 1. The van der Waals surface area contributed by atoms with Gasteiger partial charge < -0.3 is 4.74 Å². The van der Waals surface area contributed by atoms with Crippen molar-refractivity contribution in [2.45, 2.75) is 12.3 Å². The van der Waals surface area contributed by atoms with E-state index in [0.717, 1.165) is 6.07 Å². The van der Waals surface area contributed by atoms with Gasteiger partial charge in [0.05, 0.1) is 10.9 Å². The number of hydrogen-bond donors (Lipinski definition) is 0. The van der Waals surface area contributed by atoms with Crippen molar-refractivity contribution >= 4 is 10.8 Å². The number of alkyl halides is 5. The van der Waals surface area contributed by atoms with Crippen molar-refractivity contribution in [3.05, 3.63) is 125 Å². The topological polar surface area (TPSA) is 9.23 Å². The van der Waals surface area contributed by atoms with Crippen LogP contribution in [0.5, 0.6) is 5.75 Å². The van der Waals surface area contributed by atoms with Crippen molar-refractivity contribution in [3.63, 3.8) is 0 Å². The number of benzene rings is 5. The fourth-order valence-corrected chi connectivity index (χ4v) is 4.46. The Morgan fingerprint density at radius 3 is 1.82 bits per heavy atom. The Hall–Kier alpha value is -5.05. The minimum absolute atomic E-state index is 0.159. The molecule has 44 heavy (non-hydrogen) atoms. The van der Waals surface area contributed by atoms with E-state index in [1.807, 2.05) is 0 Å². The van der Waals surface area contributed by atoms with Crippen molar-refractivity contribution in [1.82, 2.24) is 0 Å². The Kier molecular flexibility index (Phi) is 7.76. The molecule has 12 heteroatoms. The number of hydrogen-bond acceptors (Lipinski definition) is 1. The average Bonchev–Trinajstić information content (AvgIpc) is 2.91. The van der Waals surface area contributed by atoms with E-state index >= 15 is 8.78 Å². The molecule has 0 heterocycles. The maximum atomic E-state index is 15.0. The summed E-state index contributed by atoms with van der Waals surface area (Å²) in [7, 11) is 0. The van der Waals surface area contributed by atoms with Crippen molar-refractivity contribution in [2.75, 3.05) is 0 Å². The Morgan fingerprint density at radius 2 is 1.20 bits per heavy atom. The van der Waals surface area contributed by atoms with Gasteiger partial charge in [0.15, 0.2) is 5.82 Å². The summed E-state index contributed by atoms with van der Waals surface area (Å²) in [5.74, 6) is -9.11. The van der Waals surface area contributed by atoms with Gasteiger partial charge in [0, 0.05) is 17.6 Å². The second-order valence-electron chi connectivity index (χ2n) is 9.29. The van der Waals surface area contributed by atoms with Gasteiger partial charge in [-0.2, -0.15) is 22.0 Å². The van der Waals surface area contributed by atoms with Crippen LogP contribution in [0.15, 0.2) is 78.9 Å². The van der Waals surface area contributed by atoms with Crippen LogP contribution < -0.4 is 4.74 Å². The van der Waals surface area contributed by atoms with E-state index in [1.165, 1.54) is 18.1 Å². The lowest BCUT2D eigenvalue weighted by Crippen LogP contribution is -2.25. The van der Waals surface area contributed by atoms with Gasteiger partial charge in [-0.25, -0.2) is 26.3 Å². The van der Waals surface area contributed by atoms with Gasteiger partial charge >= 0.3 is 12.3 Å². The van der Waals surface area contributed by atoms with Gasteiger partial charge in [0.2, 0.25) is 0 Å². The Morgan fingerprint density at radius 1 is 0.568 bits per heavy atom. The molecule has 224 valence electrons. The van der Waals surface area contributed by atoms with Crippen molar-refractivity contribution in [1.29, 1.82) is 0 Å². The van der Waals surface area contributed by atoms with Gasteiger partial charge in [-0.3, -0.25) is 0 Å². The molecule has 0 N–H and O–H groups in total. The minimum atomic E-state index is -5.13. The third-order valence-electron chi connectivity index (χ3n) is 6.35. The molecule has 0 saturated carbocycles. The molecule has 1 nitrogen and oxygen atoms in total. The predicted molar refractivity (Wildman–Crippen MR) is 138 cm³/mol. The van der Waals surface area contributed by atoms with E-state index in [4.69, 9.17) is 0 Å². The highest BCUT2D eigenvalue weighted by atomic mass is 19.4. The summed E-state index contributed by atoms with van der Waals surface area (Å²) in [5, 5.41) is -1.87. The summed E-state index contributed by atoms with van der Waals surface area (Å²) in [4.78, 5) is 0. The second kappa shape index (κ2) is 11.2. The normalized spacial score (nSPS) is 11.8. The zero-order valence-electron chi connectivity index (χ0n) is 21.6. The molecule has 0 aromatic heterocycles. The van der Waals surface area contributed by atoms with Crippen LogP contribution in [-0.4, -0.2) is 6.18 Å². The van der Waals surface area contributed by atoms with E-state index < -0.39 is 80.4 Å². The fraction of sp³-hybridized carbons (Fsp3) is 0.0625. The summed E-state index contributed by atoms with van der Waals surface area (Å²) >= 11 is 0. The van der Waals surface area contributed by atoms with E-state index in [1.54, 1.807) is 30.3 Å². The van der Waals surface area contributed by atoms with Gasteiger partial charge in [0.1, 0.15) is 40.4 Å². The van der Waals surface area contributed by atoms with Crippen LogP contribution >= 0.6 is 0 Å². The standard InChI is InChI=1S/C32H13F11O/c33-23-11-17(16-4-2-1-3-5-16)6-7-21(23)18-12-26(36)29(27(37)13-18)32(42,43)44-20-10-19-14-24(34)22(8-9-31(39,40)41)30(38)28(19)25(35)15-20/h1-7,10-15H. The van der Waals surface area contributed by atoms with Gasteiger partial charge in [0.25, 0.3) is 0 Å². The predicted octanol–water partition coefficient (Wildman–Crippen LogP) is 10.1. The number of ether oxygens (including phenoxy) is 1. The lowest BCUT2D eigenvalue weighted by atomic mass is 9.98. The molecule has 0 radical (unpaired) electrons. The average molecular weight is 622 g/mol. The van der Waals surface area contributed by atoms with E-state index in [9.17, 15) is 39.5 Å². The zero-order valence-corrected chi connectivity index (χ0v) is 21.6. The zero-order chi connectivity index (χ0) is 32.0. The Labute approximate surface area is 241 Å². The molecule has 0 aliphatic heterocycles. The first-order valence-electron chi connectivity index (χ1n) is 12.3. The summed E-state index contributed by atoms with van der Waals surface area (Å²) in [5.41, 5.74) is -3.01. The van der Waals surface area contributed by atoms with E-state index in [2.05, 4.69) is 4.74 Å². The third kappa shape index (κ3) is 6.04. The Bertz CT molecular complexity index is 1950. The maximum absolute atomic E-state index is 15.0. The second-order valence-corrected chi connectivity index (χ2v) is 9.29. The summed E-state index contributed by atoms with van der Waals surface area (Å²) in [6, 6.07) is 14.2. The lowest BCUT2D eigenvalue weighted by Gasteiger charge is -2.20. The highest BCUT2D eigenvalue weighted by molar-refractivity contribution is 5.87. The third-order valence-corrected chi connectivity index (χ3v) is 6.35. The van der Waals surface area contributed by atoms with Gasteiger partial charge in [-0.15, -0.1) is 0 Å². The van der Waals surface area contributed by atoms with E-state index in [0.29, 0.717) is 41.3 Å². The lowest BCUT2D eigenvalue weighted by molar-refractivity contribution is -0.189. The van der Waals surface area contributed by atoms with Gasteiger partial charge in [-0.05, 0) is 52.4 Å². The quantitative estimate of drug-likeness (QED) is 0.140. The molecular formula is C32H13F11O. The largest absolute Gasteiger partial charge is 0.458 e. The van der Waals surface area contributed by atoms with Crippen LogP contribution in [0.3, 0.4) is 0 Å². The highest BCUT2D eigenvalue weighted by Gasteiger charge is 2.41. The molecule has 0 unspecified atom stereocenters. The molecule has 0 amide bonds. The fourth-order valence-electron chi connectivity index (χ4n) is 4.46. The molecule has 0 bridgehead atoms. The molecule has 5 aromatic rings. The number of halogens is 11. The summed E-state index contributed by atoms with van der Waals surface area (Å²) < 4.78 is 160. The van der Waals surface area contributed by atoms with Crippen LogP contribution in [0.4, 0.5) is 48.3 Å². The molecule has 0 aliphatic carbocycles. The molecule has 0 atom stereocenters. The van der Waals surface area contributed by atoms with E-state index in [-0.39, 0.29) is 11.6 Å². The monoisotopic (exact) mass is 622 g/mol. The smallest absolute Gasteiger partial charge is 0.429 e. The van der Waals surface area contributed by atoms with Crippen molar-refractivity contribution in [2.24, 2.45) is 0 Å². The first kappa shape index (κ1) is 30.4. The van der Waals surface area contributed by atoms with Gasteiger partial charge in [-0.1, -0.05) is 48.4 Å². The number of rotatable bonds is 5. The first-order chi connectivity index (χ1) is 20.6. The SMILES string of the molecule is Fc1cc(-c2ccccc2)ccc1-c1cc(F)c(C(F)(F)Oc2cc(F)c3c(F)c(C#CC(F)(F)F)c(F)cc3c2)c(F)c1. The molecular weight excluding hydrogens is 609 g/mol. The molecule has 5 rings (SSSR count). The molecule has 0 fully saturated rings. The van der Waals surface area contributed by atoms with Crippen LogP contribution in [0.2, 0.25) is 0 Å². The summed E-state index contributed by atoms with van der Waals surface area (Å²) in [6.45, 7) is 0. The van der Waals surface area contributed by atoms with Crippen LogP contribution in [0.1, 0.15) is 11.1 Å². The van der Waals surface area contributed by atoms with Crippen LogP contribution in [0.25, 0.3) is 33.0 Å². The van der Waals surface area contributed by atoms with Crippen molar-refractivity contribution in [3.8, 4) is 39.8 Å². The Balaban J connectivity index is 1.48. The molecule has 0 aliphatic rings. The molecule has 0 saturated heterocycles. The molecule has 5 aromatic carbocycles. The molecule has 0 spiro atoms. The highest BCUT2D eigenvalue weighted by Crippen LogP contribution is 2.39.